The number of ether oxygens (including phenoxy) is 2. The number of benzene rings is 5. The fraction of sp³-hybridized carbons (Fsp3) is 0.367. The number of methoxy groups -OCH3 is 1. The Morgan fingerprint density at radius 2 is 1.06 bits per heavy atom. The highest BCUT2D eigenvalue weighted by molar-refractivity contribution is 7.92. The van der Waals surface area contributed by atoms with Crippen LogP contribution in [-0.2, 0) is 36.2 Å². The van der Waals surface area contributed by atoms with Gasteiger partial charge in [0.2, 0.25) is 0 Å². The predicted molar refractivity (Wildman–Crippen MR) is 248 cm³/mol. The molecule has 0 aliphatic heterocycles. The van der Waals surface area contributed by atoms with Crippen molar-refractivity contribution in [3.63, 3.8) is 0 Å². The number of alkyl halides is 3. The van der Waals surface area contributed by atoms with Gasteiger partial charge in [-0.05, 0) is 129 Å². The Balaban J connectivity index is 0.000000395. The molecule has 5 rings (SSSR count). The van der Waals surface area contributed by atoms with Crippen LogP contribution < -0.4 is 15.2 Å². The molecular weight excluding hydrogens is 852 g/mol. The quantitative estimate of drug-likeness (QED) is 0.148. The Labute approximate surface area is 373 Å². The van der Waals surface area contributed by atoms with Crippen molar-refractivity contribution in [3.05, 3.63) is 159 Å². The lowest BCUT2D eigenvalue weighted by Crippen LogP contribution is -2.20. The summed E-state index contributed by atoms with van der Waals surface area (Å²) in [5.74, 6) is 0.621. The first-order valence-corrected chi connectivity index (χ1v) is 23.5. The van der Waals surface area contributed by atoms with Crippen LogP contribution in [0.1, 0.15) is 89.9 Å². The zero-order chi connectivity index (χ0) is 48.5. The SMILES string of the molecule is COc1cc(C)ccc1OCC(N)=O.Cc1ccc(C(C)(C)O)cc1.Cc1ccc(C(C)S(C)(=O)=O)cc1.Cc1ccc(C(F)(F)F)cc1.Cc1ccc(S(=O)(=O)C(C)C)c(C)c1. The Kier molecular flexibility index (Phi) is 21.8. The molecule has 0 aliphatic rings. The fourth-order valence-electron chi connectivity index (χ4n) is 5.20. The zero-order valence-electron chi connectivity index (χ0n) is 38.6. The maximum atomic E-state index is 11.9. The highest BCUT2D eigenvalue weighted by Gasteiger charge is 2.29. The van der Waals surface area contributed by atoms with Gasteiger partial charge in [-0.1, -0.05) is 101 Å². The summed E-state index contributed by atoms with van der Waals surface area (Å²) in [6, 6.07) is 31.4. The number of hydrogen-bond donors (Lipinski definition) is 2. The second-order valence-corrected chi connectivity index (χ2v) is 20.8. The molecule has 0 heterocycles. The molecular formula is C49H64F3NO8S2. The van der Waals surface area contributed by atoms with Crippen molar-refractivity contribution in [2.45, 2.75) is 103 Å². The summed E-state index contributed by atoms with van der Waals surface area (Å²) in [5, 5.41) is 8.81. The van der Waals surface area contributed by atoms with E-state index in [-0.39, 0.29) is 11.9 Å². The van der Waals surface area contributed by atoms with Crippen LogP contribution in [0.3, 0.4) is 0 Å². The van der Waals surface area contributed by atoms with Gasteiger partial charge in [0.25, 0.3) is 5.91 Å². The number of rotatable bonds is 9. The van der Waals surface area contributed by atoms with E-state index in [1.807, 2.05) is 107 Å². The van der Waals surface area contributed by atoms with Gasteiger partial charge in [0.05, 0.1) is 33.7 Å². The molecule has 0 spiro atoms. The lowest BCUT2D eigenvalue weighted by molar-refractivity contribution is -0.137. The minimum absolute atomic E-state index is 0.139. The topological polar surface area (TPSA) is 150 Å². The van der Waals surface area contributed by atoms with E-state index in [4.69, 9.17) is 15.2 Å². The number of hydrogen-bond acceptors (Lipinski definition) is 8. The third-order valence-electron chi connectivity index (χ3n) is 9.27. The molecule has 63 heavy (non-hydrogen) atoms. The van der Waals surface area contributed by atoms with Crippen LogP contribution in [0.25, 0.3) is 0 Å². The van der Waals surface area contributed by atoms with Crippen molar-refractivity contribution in [3.8, 4) is 11.5 Å². The average Bonchev–Trinajstić information content (AvgIpc) is 3.17. The smallest absolute Gasteiger partial charge is 0.416 e. The predicted octanol–water partition coefficient (Wildman–Crippen LogP) is 10.7. The lowest BCUT2D eigenvalue weighted by atomic mass is 9.98. The summed E-state index contributed by atoms with van der Waals surface area (Å²) in [6.45, 7) is 20.1. The normalized spacial score (nSPS) is 11.8. The van der Waals surface area contributed by atoms with Gasteiger partial charge in [0, 0.05) is 6.26 Å². The average molecular weight is 916 g/mol. The molecule has 1 unspecified atom stereocenters. The lowest BCUT2D eigenvalue weighted by Gasteiger charge is -2.17. The van der Waals surface area contributed by atoms with E-state index in [2.05, 4.69) is 0 Å². The van der Waals surface area contributed by atoms with Crippen molar-refractivity contribution in [1.82, 2.24) is 0 Å². The van der Waals surface area contributed by atoms with Crippen molar-refractivity contribution < 1.29 is 49.4 Å². The molecule has 5 aromatic carbocycles. The Morgan fingerprint density at radius 3 is 1.44 bits per heavy atom. The number of nitrogens with two attached hydrogens (primary N) is 1. The van der Waals surface area contributed by atoms with Gasteiger partial charge in [0.1, 0.15) is 0 Å². The first-order valence-electron chi connectivity index (χ1n) is 20.0. The molecule has 9 nitrogen and oxygen atoms in total. The second-order valence-electron chi connectivity index (χ2n) is 15.9. The molecule has 14 heteroatoms. The van der Waals surface area contributed by atoms with Gasteiger partial charge >= 0.3 is 6.18 Å². The van der Waals surface area contributed by atoms with Gasteiger partial charge in [-0.15, -0.1) is 0 Å². The molecule has 1 amide bonds. The van der Waals surface area contributed by atoms with Crippen molar-refractivity contribution in [1.29, 1.82) is 0 Å². The molecule has 0 bridgehead atoms. The first-order chi connectivity index (χ1) is 28.9. The van der Waals surface area contributed by atoms with E-state index in [1.54, 1.807) is 60.8 Å². The monoisotopic (exact) mass is 915 g/mol. The molecule has 0 saturated carbocycles. The van der Waals surface area contributed by atoms with Gasteiger partial charge < -0.3 is 20.3 Å². The third kappa shape index (κ3) is 20.3. The number of carbonyl (C=O) groups excluding carboxylic acids is 1. The molecule has 0 fully saturated rings. The molecule has 0 radical (unpaired) electrons. The number of amides is 1. The van der Waals surface area contributed by atoms with Crippen LogP contribution in [0.4, 0.5) is 13.2 Å². The first kappa shape index (κ1) is 55.8. The minimum atomic E-state index is -4.21. The highest BCUT2D eigenvalue weighted by Crippen LogP contribution is 2.29. The fourth-order valence-corrected chi connectivity index (χ4v) is 7.13. The minimum Gasteiger partial charge on any atom is -0.493 e. The van der Waals surface area contributed by atoms with Crippen LogP contribution in [0.15, 0.2) is 114 Å². The Bertz CT molecular complexity index is 2350. The van der Waals surface area contributed by atoms with E-state index in [9.17, 15) is 39.9 Å². The van der Waals surface area contributed by atoms with Crippen LogP contribution in [-0.4, -0.2) is 53.1 Å². The van der Waals surface area contributed by atoms with Crippen LogP contribution in [0, 0.1) is 41.5 Å². The summed E-state index contributed by atoms with van der Waals surface area (Å²) in [7, 11) is -4.55. The van der Waals surface area contributed by atoms with Gasteiger partial charge in [-0.25, -0.2) is 16.8 Å². The zero-order valence-corrected chi connectivity index (χ0v) is 40.2. The Hall–Kier alpha value is -5.18. The summed E-state index contributed by atoms with van der Waals surface area (Å²) in [5.41, 5.74) is 11.6. The van der Waals surface area contributed by atoms with Crippen LogP contribution in [0.5, 0.6) is 11.5 Å². The number of halogens is 3. The number of aliphatic hydroxyl groups is 1. The molecule has 0 aliphatic carbocycles. The van der Waals surface area contributed by atoms with E-state index >= 15 is 0 Å². The largest absolute Gasteiger partial charge is 0.493 e. The van der Waals surface area contributed by atoms with E-state index < -0.39 is 48.2 Å². The van der Waals surface area contributed by atoms with E-state index in [1.165, 1.54) is 24.0 Å². The van der Waals surface area contributed by atoms with Crippen LogP contribution >= 0.6 is 0 Å². The maximum Gasteiger partial charge on any atom is 0.416 e. The number of carbonyl (C=O) groups is 1. The maximum absolute atomic E-state index is 11.9. The summed E-state index contributed by atoms with van der Waals surface area (Å²) in [4.78, 5) is 11.0. The third-order valence-corrected chi connectivity index (χ3v) is 13.1. The van der Waals surface area contributed by atoms with Gasteiger partial charge in [0.15, 0.2) is 37.8 Å². The highest BCUT2D eigenvalue weighted by atomic mass is 32.2. The van der Waals surface area contributed by atoms with Gasteiger partial charge in [-0.3, -0.25) is 4.79 Å². The summed E-state index contributed by atoms with van der Waals surface area (Å²) < 4.78 is 92.1. The Morgan fingerprint density at radius 1 is 0.651 bits per heavy atom. The summed E-state index contributed by atoms with van der Waals surface area (Å²) in [6.07, 6.45) is -2.95. The molecule has 346 valence electrons. The van der Waals surface area contributed by atoms with E-state index in [0.29, 0.717) is 16.4 Å². The molecule has 5 aromatic rings. The molecule has 0 saturated heterocycles. The van der Waals surface area contributed by atoms with Gasteiger partial charge in [-0.2, -0.15) is 13.2 Å². The number of aryl methyl sites for hydroxylation is 6. The van der Waals surface area contributed by atoms with E-state index in [0.717, 1.165) is 51.1 Å². The number of sulfone groups is 2. The summed E-state index contributed by atoms with van der Waals surface area (Å²) >= 11 is 0. The molecule has 1 atom stereocenters. The number of primary amides is 1. The molecule has 0 aromatic heterocycles. The molecule has 3 N–H and O–H groups in total. The standard InChI is InChI=1S/C11H16O2S.C10H13NO3.C10H14O2S.C10H14O.C8H7F3/c1-8(2)14(12,13)11-6-5-9(3)7-10(11)4;1-7-3-4-8(9(5-7)13-2)14-6-10(11)12;1-8-4-6-10(7-5-8)9(2)13(3,11)12;1-8-4-6-9(7-5-8)10(2,3)11;1-6-2-4-7(5-3-6)8(9,10)11/h5-8H,1-4H3;3-5H,6H2,1-2H3,(H2,11,12);4-7,9H,1-3H3;4-7,11H,1-3H3;2-5H,1H3. The van der Waals surface area contributed by atoms with Crippen LogP contribution in [0.2, 0.25) is 0 Å². The second kappa shape index (κ2) is 24.6. The van der Waals surface area contributed by atoms with Crippen molar-refractivity contribution in [2.24, 2.45) is 5.73 Å². The van der Waals surface area contributed by atoms with Crippen molar-refractivity contribution in [2.75, 3.05) is 20.0 Å². The van der Waals surface area contributed by atoms with Crippen molar-refractivity contribution >= 4 is 25.6 Å².